The third kappa shape index (κ3) is 3.40. The van der Waals surface area contributed by atoms with Crippen LogP contribution in [0.3, 0.4) is 0 Å². The standard InChI is InChI=1S/C12H18ClNO/c1-8-4-9(2)12(10(3)5-8)14-7-11(15)6-13/h4-5,11,14-15H,6-7H2,1-3H3. The van der Waals surface area contributed by atoms with Crippen LogP contribution in [0.15, 0.2) is 12.1 Å². The number of benzene rings is 1. The lowest BCUT2D eigenvalue weighted by molar-refractivity contribution is 0.211. The van der Waals surface area contributed by atoms with Gasteiger partial charge in [0.05, 0.1) is 12.0 Å². The van der Waals surface area contributed by atoms with Crippen LogP contribution in [0.25, 0.3) is 0 Å². The second kappa shape index (κ2) is 5.38. The molecule has 3 heteroatoms. The smallest absolute Gasteiger partial charge is 0.0847 e. The number of aliphatic hydroxyl groups excluding tert-OH is 1. The molecule has 0 heterocycles. The molecule has 0 spiro atoms. The van der Waals surface area contributed by atoms with Crippen molar-refractivity contribution in [2.24, 2.45) is 0 Å². The Morgan fingerprint density at radius 3 is 2.27 bits per heavy atom. The van der Waals surface area contributed by atoms with Crippen LogP contribution < -0.4 is 5.32 Å². The van der Waals surface area contributed by atoms with Gasteiger partial charge in [-0.15, -0.1) is 11.6 Å². The molecule has 0 amide bonds. The minimum atomic E-state index is -0.494. The highest BCUT2D eigenvalue weighted by atomic mass is 35.5. The van der Waals surface area contributed by atoms with Crippen LogP contribution in [-0.2, 0) is 0 Å². The lowest BCUT2D eigenvalue weighted by atomic mass is 10.1. The summed E-state index contributed by atoms with van der Waals surface area (Å²) in [4.78, 5) is 0. The summed E-state index contributed by atoms with van der Waals surface area (Å²) in [6, 6.07) is 4.25. The molecule has 0 saturated heterocycles. The number of aliphatic hydroxyl groups is 1. The highest BCUT2D eigenvalue weighted by Crippen LogP contribution is 2.21. The number of alkyl halides is 1. The number of anilines is 1. The van der Waals surface area contributed by atoms with E-state index in [0.717, 1.165) is 5.69 Å². The van der Waals surface area contributed by atoms with Crippen molar-refractivity contribution in [2.75, 3.05) is 17.7 Å². The monoisotopic (exact) mass is 227 g/mol. The van der Waals surface area contributed by atoms with Gasteiger partial charge in [0.2, 0.25) is 0 Å². The average molecular weight is 228 g/mol. The van der Waals surface area contributed by atoms with Crippen molar-refractivity contribution in [3.8, 4) is 0 Å². The Morgan fingerprint density at radius 1 is 1.27 bits per heavy atom. The molecule has 1 aromatic rings. The molecule has 84 valence electrons. The third-order valence-corrected chi connectivity index (χ3v) is 2.73. The number of rotatable bonds is 4. The predicted molar refractivity (Wildman–Crippen MR) is 65.9 cm³/mol. The van der Waals surface area contributed by atoms with Crippen molar-refractivity contribution < 1.29 is 5.11 Å². The molecule has 0 aliphatic carbocycles. The van der Waals surface area contributed by atoms with E-state index in [0.29, 0.717) is 6.54 Å². The Balaban J connectivity index is 2.77. The van der Waals surface area contributed by atoms with E-state index in [-0.39, 0.29) is 5.88 Å². The van der Waals surface area contributed by atoms with Gasteiger partial charge in [-0.25, -0.2) is 0 Å². The summed E-state index contributed by atoms with van der Waals surface area (Å²) in [6.45, 7) is 6.70. The zero-order valence-corrected chi connectivity index (χ0v) is 10.2. The molecule has 1 rings (SSSR count). The summed E-state index contributed by atoms with van der Waals surface area (Å²) in [5.41, 5.74) is 4.77. The number of aryl methyl sites for hydroxylation is 3. The first-order valence-corrected chi connectivity index (χ1v) is 5.63. The average Bonchev–Trinajstić information content (AvgIpc) is 2.15. The molecule has 0 saturated carbocycles. The van der Waals surface area contributed by atoms with E-state index >= 15 is 0 Å². The van der Waals surface area contributed by atoms with Crippen LogP contribution >= 0.6 is 11.6 Å². The van der Waals surface area contributed by atoms with Crippen molar-refractivity contribution in [3.63, 3.8) is 0 Å². The van der Waals surface area contributed by atoms with Crippen LogP contribution in [0.2, 0.25) is 0 Å². The lowest BCUT2D eigenvalue weighted by Gasteiger charge is -2.15. The zero-order chi connectivity index (χ0) is 11.4. The largest absolute Gasteiger partial charge is 0.390 e. The quantitative estimate of drug-likeness (QED) is 0.776. The number of halogens is 1. The van der Waals surface area contributed by atoms with Crippen molar-refractivity contribution in [3.05, 3.63) is 28.8 Å². The molecule has 0 aliphatic rings. The molecule has 1 unspecified atom stereocenters. The fourth-order valence-electron chi connectivity index (χ4n) is 1.73. The van der Waals surface area contributed by atoms with Gasteiger partial charge < -0.3 is 10.4 Å². The minimum Gasteiger partial charge on any atom is -0.390 e. The highest BCUT2D eigenvalue weighted by Gasteiger charge is 2.06. The second-order valence-corrected chi connectivity index (χ2v) is 4.27. The van der Waals surface area contributed by atoms with E-state index in [1.165, 1.54) is 16.7 Å². The van der Waals surface area contributed by atoms with Crippen molar-refractivity contribution >= 4 is 17.3 Å². The molecule has 0 fully saturated rings. The first-order chi connectivity index (χ1) is 7.04. The highest BCUT2D eigenvalue weighted by molar-refractivity contribution is 6.18. The summed E-state index contributed by atoms with van der Waals surface area (Å²) in [7, 11) is 0. The van der Waals surface area contributed by atoms with Gasteiger partial charge in [-0.2, -0.15) is 0 Å². The molecule has 0 bridgehead atoms. The fourth-order valence-corrected chi connectivity index (χ4v) is 1.84. The Bertz CT molecular complexity index is 315. The zero-order valence-electron chi connectivity index (χ0n) is 9.47. The van der Waals surface area contributed by atoms with Gasteiger partial charge in [-0.05, 0) is 31.9 Å². The summed E-state index contributed by atoms with van der Waals surface area (Å²) in [5, 5.41) is 12.6. The van der Waals surface area contributed by atoms with E-state index in [2.05, 4.69) is 38.2 Å². The first-order valence-electron chi connectivity index (χ1n) is 5.10. The third-order valence-electron chi connectivity index (χ3n) is 2.37. The molecule has 2 N–H and O–H groups in total. The van der Waals surface area contributed by atoms with Gasteiger partial charge in [0, 0.05) is 12.2 Å². The Hall–Kier alpha value is -0.730. The van der Waals surface area contributed by atoms with E-state index in [9.17, 15) is 5.11 Å². The number of hydrogen-bond acceptors (Lipinski definition) is 2. The van der Waals surface area contributed by atoms with E-state index in [1.807, 2.05) is 0 Å². The summed E-state index contributed by atoms with van der Waals surface area (Å²) < 4.78 is 0. The maximum Gasteiger partial charge on any atom is 0.0847 e. The molecular weight excluding hydrogens is 210 g/mol. The van der Waals surface area contributed by atoms with Crippen molar-refractivity contribution in [1.82, 2.24) is 0 Å². The van der Waals surface area contributed by atoms with Crippen LogP contribution in [0.5, 0.6) is 0 Å². The predicted octanol–water partition coefficient (Wildman–Crippen LogP) is 2.62. The van der Waals surface area contributed by atoms with Gasteiger partial charge in [0.15, 0.2) is 0 Å². The molecule has 1 atom stereocenters. The van der Waals surface area contributed by atoms with Gasteiger partial charge in [-0.3, -0.25) is 0 Å². The van der Waals surface area contributed by atoms with Crippen molar-refractivity contribution in [1.29, 1.82) is 0 Å². The van der Waals surface area contributed by atoms with Crippen LogP contribution in [0, 0.1) is 20.8 Å². The molecule has 15 heavy (non-hydrogen) atoms. The first kappa shape index (κ1) is 12.3. The van der Waals surface area contributed by atoms with Gasteiger partial charge >= 0.3 is 0 Å². The Morgan fingerprint density at radius 2 is 1.80 bits per heavy atom. The maximum atomic E-state index is 9.36. The maximum absolute atomic E-state index is 9.36. The molecule has 0 aliphatic heterocycles. The summed E-state index contributed by atoms with van der Waals surface area (Å²) in [5.74, 6) is 0.261. The molecule has 1 aromatic carbocycles. The van der Waals surface area contributed by atoms with Crippen molar-refractivity contribution in [2.45, 2.75) is 26.9 Å². The molecule has 0 radical (unpaired) electrons. The second-order valence-electron chi connectivity index (χ2n) is 3.96. The number of nitrogens with one attached hydrogen (secondary N) is 1. The fraction of sp³-hybridized carbons (Fsp3) is 0.500. The summed E-state index contributed by atoms with van der Waals surface area (Å²) in [6.07, 6.45) is -0.494. The Kier molecular flexibility index (Phi) is 4.43. The van der Waals surface area contributed by atoms with Crippen LogP contribution in [0.1, 0.15) is 16.7 Å². The van der Waals surface area contributed by atoms with E-state index in [4.69, 9.17) is 11.6 Å². The van der Waals surface area contributed by atoms with E-state index in [1.54, 1.807) is 0 Å². The van der Waals surface area contributed by atoms with Crippen LogP contribution in [0.4, 0.5) is 5.69 Å². The minimum absolute atomic E-state index is 0.261. The Labute approximate surface area is 96.3 Å². The van der Waals surface area contributed by atoms with E-state index < -0.39 is 6.10 Å². The normalized spacial score (nSPS) is 12.6. The van der Waals surface area contributed by atoms with Gasteiger partial charge in [0.25, 0.3) is 0 Å². The van der Waals surface area contributed by atoms with Gasteiger partial charge in [-0.1, -0.05) is 17.7 Å². The SMILES string of the molecule is Cc1cc(C)c(NCC(O)CCl)c(C)c1. The summed E-state index contributed by atoms with van der Waals surface area (Å²) >= 11 is 5.53. The molecule has 2 nitrogen and oxygen atoms in total. The van der Waals surface area contributed by atoms with Gasteiger partial charge in [0.1, 0.15) is 0 Å². The lowest BCUT2D eigenvalue weighted by Crippen LogP contribution is -2.21. The molecule has 0 aromatic heterocycles. The topological polar surface area (TPSA) is 32.3 Å². The molecular formula is C12H18ClNO. The number of hydrogen-bond donors (Lipinski definition) is 2. The van der Waals surface area contributed by atoms with Crippen LogP contribution in [-0.4, -0.2) is 23.6 Å².